The molecule has 2 heterocycles. The summed E-state index contributed by atoms with van der Waals surface area (Å²) in [5.41, 5.74) is 2.07. The number of nitrogens with zero attached hydrogens (tertiary/aromatic N) is 2. The monoisotopic (exact) mass is 330 g/mol. The third kappa shape index (κ3) is 2.04. The highest BCUT2D eigenvalue weighted by Crippen LogP contribution is 2.26. The number of halogens is 1. The Labute approximate surface area is 124 Å². The van der Waals surface area contributed by atoms with Crippen LogP contribution in [0, 0.1) is 6.92 Å². The van der Waals surface area contributed by atoms with Gasteiger partial charge in [-0.2, -0.15) is 0 Å². The number of pyridine rings is 1. The van der Waals surface area contributed by atoms with E-state index >= 15 is 0 Å². The van der Waals surface area contributed by atoms with E-state index in [1.54, 1.807) is 24.3 Å². The van der Waals surface area contributed by atoms with Crippen LogP contribution in [0.25, 0.3) is 0 Å². The summed E-state index contributed by atoms with van der Waals surface area (Å²) in [5.74, 6) is -0.191. The second-order valence-electron chi connectivity index (χ2n) is 4.60. The summed E-state index contributed by atoms with van der Waals surface area (Å²) in [5, 5.41) is 0. The molecule has 3 rings (SSSR count). The number of aromatic nitrogens is 1. The highest BCUT2D eigenvalue weighted by molar-refractivity contribution is 9.10. The van der Waals surface area contributed by atoms with Gasteiger partial charge < -0.3 is 0 Å². The SMILES string of the molecule is Cc1nc(N2C(=O)Cc3ccccc3C2=O)ccc1Br. The molecule has 0 N–H and O–H groups in total. The van der Waals surface area contributed by atoms with Crippen LogP contribution in [0.4, 0.5) is 5.82 Å². The van der Waals surface area contributed by atoms with Crippen molar-refractivity contribution in [2.24, 2.45) is 0 Å². The lowest BCUT2D eigenvalue weighted by atomic mass is 9.98. The molecule has 1 aromatic heterocycles. The first kappa shape index (κ1) is 13.0. The number of carbonyl (C=O) groups excluding carboxylic acids is 2. The lowest BCUT2D eigenvalue weighted by Gasteiger charge is -2.26. The standard InChI is InChI=1S/C15H11BrN2O2/c1-9-12(16)6-7-13(17-9)18-14(19)8-10-4-2-3-5-11(10)15(18)20/h2-7H,8H2,1H3. The summed E-state index contributed by atoms with van der Waals surface area (Å²) >= 11 is 3.36. The van der Waals surface area contributed by atoms with E-state index in [-0.39, 0.29) is 18.2 Å². The number of imide groups is 1. The van der Waals surface area contributed by atoms with Gasteiger partial charge in [0, 0.05) is 10.0 Å². The van der Waals surface area contributed by atoms with Crippen molar-refractivity contribution in [3.63, 3.8) is 0 Å². The molecular weight excluding hydrogens is 320 g/mol. The van der Waals surface area contributed by atoms with Gasteiger partial charge in [0.2, 0.25) is 5.91 Å². The Balaban J connectivity index is 2.08. The van der Waals surface area contributed by atoms with Gasteiger partial charge in [-0.25, -0.2) is 9.88 Å². The van der Waals surface area contributed by atoms with Crippen molar-refractivity contribution >= 4 is 33.6 Å². The number of benzene rings is 1. The zero-order valence-corrected chi connectivity index (χ0v) is 12.3. The van der Waals surface area contributed by atoms with Crippen LogP contribution in [0.3, 0.4) is 0 Å². The van der Waals surface area contributed by atoms with Crippen LogP contribution in [0.15, 0.2) is 40.9 Å². The predicted octanol–water partition coefficient (Wildman–Crippen LogP) is 2.88. The van der Waals surface area contributed by atoms with Gasteiger partial charge in [-0.3, -0.25) is 9.59 Å². The van der Waals surface area contributed by atoms with Crippen LogP contribution in [-0.2, 0) is 11.2 Å². The van der Waals surface area contributed by atoms with E-state index in [1.807, 2.05) is 19.1 Å². The van der Waals surface area contributed by atoms with E-state index in [1.165, 1.54) is 0 Å². The largest absolute Gasteiger partial charge is 0.274 e. The fourth-order valence-electron chi connectivity index (χ4n) is 2.25. The Morgan fingerprint density at radius 2 is 1.90 bits per heavy atom. The zero-order valence-electron chi connectivity index (χ0n) is 10.8. The number of carbonyl (C=O) groups is 2. The summed E-state index contributed by atoms with van der Waals surface area (Å²) < 4.78 is 0.846. The van der Waals surface area contributed by atoms with E-state index in [0.29, 0.717) is 11.4 Å². The summed E-state index contributed by atoms with van der Waals surface area (Å²) in [6, 6.07) is 10.6. The topological polar surface area (TPSA) is 50.3 Å². The van der Waals surface area contributed by atoms with Gasteiger partial charge in [-0.1, -0.05) is 18.2 Å². The van der Waals surface area contributed by atoms with Gasteiger partial charge in [0.25, 0.3) is 5.91 Å². The summed E-state index contributed by atoms with van der Waals surface area (Å²) in [7, 11) is 0. The molecule has 2 aromatic rings. The number of hydrogen-bond donors (Lipinski definition) is 0. The third-order valence-electron chi connectivity index (χ3n) is 3.28. The fourth-order valence-corrected chi connectivity index (χ4v) is 2.47. The first-order valence-corrected chi connectivity index (χ1v) is 6.95. The Kier molecular flexibility index (Phi) is 3.14. The molecule has 0 saturated carbocycles. The molecule has 0 aliphatic carbocycles. The molecule has 5 heteroatoms. The van der Waals surface area contributed by atoms with Crippen molar-refractivity contribution in [2.75, 3.05) is 4.90 Å². The van der Waals surface area contributed by atoms with Gasteiger partial charge in [-0.05, 0) is 46.6 Å². The Bertz CT molecular complexity index is 728. The number of amides is 2. The van der Waals surface area contributed by atoms with Crippen LogP contribution in [0.2, 0.25) is 0 Å². The van der Waals surface area contributed by atoms with Crippen molar-refractivity contribution in [1.29, 1.82) is 0 Å². The first-order valence-electron chi connectivity index (χ1n) is 6.16. The third-order valence-corrected chi connectivity index (χ3v) is 4.12. The molecule has 0 atom stereocenters. The summed E-state index contributed by atoms with van der Waals surface area (Å²) in [6.07, 6.45) is 0.221. The fraction of sp³-hybridized carbons (Fsp3) is 0.133. The van der Waals surface area contributed by atoms with Gasteiger partial charge in [0.1, 0.15) is 5.82 Å². The maximum Gasteiger partial charge on any atom is 0.266 e. The Morgan fingerprint density at radius 1 is 1.15 bits per heavy atom. The average Bonchev–Trinajstić information content (AvgIpc) is 2.43. The zero-order chi connectivity index (χ0) is 14.3. The van der Waals surface area contributed by atoms with E-state index in [9.17, 15) is 9.59 Å². The van der Waals surface area contributed by atoms with Crippen molar-refractivity contribution in [3.8, 4) is 0 Å². The minimum absolute atomic E-state index is 0.221. The lowest BCUT2D eigenvalue weighted by molar-refractivity contribution is -0.117. The van der Waals surface area contributed by atoms with Crippen LogP contribution in [-0.4, -0.2) is 16.8 Å². The molecule has 2 amide bonds. The molecule has 20 heavy (non-hydrogen) atoms. The number of fused-ring (bicyclic) bond motifs is 1. The van der Waals surface area contributed by atoms with Crippen molar-refractivity contribution < 1.29 is 9.59 Å². The summed E-state index contributed by atoms with van der Waals surface area (Å²) in [6.45, 7) is 1.82. The van der Waals surface area contributed by atoms with Crippen LogP contribution in [0.1, 0.15) is 21.6 Å². The van der Waals surface area contributed by atoms with Crippen molar-refractivity contribution in [2.45, 2.75) is 13.3 Å². The molecular formula is C15H11BrN2O2. The van der Waals surface area contributed by atoms with E-state index in [4.69, 9.17) is 0 Å². The molecule has 1 aromatic carbocycles. The predicted molar refractivity (Wildman–Crippen MR) is 78.6 cm³/mol. The molecule has 0 fully saturated rings. The maximum atomic E-state index is 12.5. The van der Waals surface area contributed by atoms with Crippen molar-refractivity contribution in [1.82, 2.24) is 4.98 Å². The Morgan fingerprint density at radius 3 is 2.65 bits per heavy atom. The number of rotatable bonds is 1. The molecule has 100 valence electrons. The molecule has 4 nitrogen and oxygen atoms in total. The molecule has 0 radical (unpaired) electrons. The second kappa shape index (κ2) is 4.83. The van der Waals surface area contributed by atoms with Crippen LogP contribution < -0.4 is 4.90 Å². The second-order valence-corrected chi connectivity index (χ2v) is 5.46. The molecule has 1 aliphatic rings. The first-order chi connectivity index (χ1) is 9.58. The normalized spacial score (nSPS) is 14.4. The maximum absolute atomic E-state index is 12.5. The molecule has 0 spiro atoms. The van der Waals surface area contributed by atoms with Crippen LogP contribution in [0.5, 0.6) is 0 Å². The van der Waals surface area contributed by atoms with Gasteiger partial charge in [-0.15, -0.1) is 0 Å². The average molecular weight is 331 g/mol. The number of anilines is 1. The van der Waals surface area contributed by atoms with Crippen LogP contribution >= 0.6 is 15.9 Å². The number of aryl methyl sites for hydroxylation is 1. The quantitative estimate of drug-likeness (QED) is 0.755. The molecule has 0 saturated heterocycles. The Hall–Kier alpha value is -2.01. The minimum atomic E-state index is -0.314. The highest BCUT2D eigenvalue weighted by Gasteiger charge is 2.32. The molecule has 1 aliphatic heterocycles. The lowest BCUT2D eigenvalue weighted by Crippen LogP contribution is -2.43. The minimum Gasteiger partial charge on any atom is -0.274 e. The summed E-state index contributed by atoms with van der Waals surface area (Å²) in [4.78, 5) is 30.2. The van der Waals surface area contributed by atoms with Gasteiger partial charge >= 0.3 is 0 Å². The van der Waals surface area contributed by atoms with E-state index in [0.717, 1.165) is 20.6 Å². The molecule has 0 bridgehead atoms. The van der Waals surface area contributed by atoms with E-state index < -0.39 is 0 Å². The van der Waals surface area contributed by atoms with Crippen molar-refractivity contribution in [3.05, 3.63) is 57.7 Å². The number of hydrogen-bond acceptors (Lipinski definition) is 3. The highest BCUT2D eigenvalue weighted by atomic mass is 79.9. The van der Waals surface area contributed by atoms with Gasteiger partial charge in [0.05, 0.1) is 12.1 Å². The van der Waals surface area contributed by atoms with E-state index in [2.05, 4.69) is 20.9 Å². The van der Waals surface area contributed by atoms with Gasteiger partial charge in [0.15, 0.2) is 0 Å². The smallest absolute Gasteiger partial charge is 0.266 e. The molecule has 0 unspecified atom stereocenters.